The van der Waals surface area contributed by atoms with Gasteiger partial charge in [0.05, 0.1) is 27.5 Å². The van der Waals surface area contributed by atoms with Gasteiger partial charge in [-0.1, -0.05) is 17.7 Å². The number of halogens is 1. The van der Waals surface area contributed by atoms with Crippen molar-refractivity contribution in [2.75, 3.05) is 0 Å². The molecule has 0 radical (unpaired) electrons. The van der Waals surface area contributed by atoms with Crippen molar-refractivity contribution in [2.24, 2.45) is 0 Å². The maximum absolute atomic E-state index is 11.7. The molecular formula is C16H9ClN2O7. The van der Waals surface area contributed by atoms with Crippen LogP contribution in [0.2, 0.25) is 5.02 Å². The summed E-state index contributed by atoms with van der Waals surface area (Å²) in [5.41, 5.74) is -0.256. The Labute approximate surface area is 150 Å². The number of aliphatic carboxylic acids is 1. The van der Waals surface area contributed by atoms with E-state index in [9.17, 15) is 24.5 Å². The van der Waals surface area contributed by atoms with Crippen LogP contribution in [0.3, 0.4) is 0 Å². The first-order valence-corrected chi connectivity index (χ1v) is 7.50. The molecule has 1 aliphatic rings. The van der Waals surface area contributed by atoms with Gasteiger partial charge in [0.25, 0.3) is 11.8 Å². The van der Waals surface area contributed by atoms with Crippen LogP contribution in [-0.4, -0.2) is 27.8 Å². The number of nitrogens with one attached hydrogen (secondary N) is 1. The Morgan fingerprint density at radius 3 is 2.38 bits per heavy atom. The molecule has 0 bridgehead atoms. The summed E-state index contributed by atoms with van der Waals surface area (Å²) in [5, 5.41) is 22.1. The van der Waals surface area contributed by atoms with Crippen LogP contribution in [0, 0.1) is 10.1 Å². The number of benzene rings is 2. The van der Waals surface area contributed by atoms with Crippen LogP contribution in [0.4, 0.5) is 5.69 Å². The number of carboxylic acid groups (broad SMARTS) is 1. The molecule has 132 valence electrons. The lowest BCUT2D eigenvalue weighted by molar-refractivity contribution is -0.385. The van der Waals surface area contributed by atoms with E-state index in [0.29, 0.717) is 5.56 Å². The number of imide groups is 1. The number of carbonyl (C=O) groups is 3. The van der Waals surface area contributed by atoms with Crippen molar-refractivity contribution >= 4 is 35.1 Å². The number of amides is 2. The van der Waals surface area contributed by atoms with Crippen molar-refractivity contribution in [3.63, 3.8) is 0 Å². The standard InChI is InChI=1S/C16H9ClN2O7/c17-10-3-7(4-14(20)21)1-2-12(10)26-13-6-9-8(5-11(13)19(24)25)15(22)18-16(9)23/h1-3,5-6H,4H2,(H,20,21)(H,18,22,23). The topological polar surface area (TPSA) is 136 Å². The lowest BCUT2D eigenvalue weighted by Crippen LogP contribution is -2.19. The zero-order chi connectivity index (χ0) is 19.0. The minimum atomic E-state index is -1.04. The van der Waals surface area contributed by atoms with E-state index in [1.54, 1.807) is 0 Å². The first-order chi connectivity index (χ1) is 12.3. The van der Waals surface area contributed by atoms with Crippen LogP contribution < -0.4 is 10.1 Å². The van der Waals surface area contributed by atoms with Crippen LogP contribution in [0.15, 0.2) is 30.3 Å². The number of nitro groups is 1. The average Bonchev–Trinajstić information content (AvgIpc) is 2.82. The maximum Gasteiger partial charge on any atom is 0.312 e. The lowest BCUT2D eigenvalue weighted by Gasteiger charge is -2.10. The van der Waals surface area contributed by atoms with Gasteiger partial charge in [0.1, 0.15) is 5.75 Å². The van der Waals surface area contributed by atoms with Gasteiger partial charge >= 0.3 is 11.7 Å². The van der Waals surface area contributed by atoms with Crippen LogP contribution in [0.25, 0.3) is 0 Å². The molecular weight excluding hydrogens is 368 g/mol. The number of carbonyl (C=O) groups excluding carboxylic acids is 2. The minimum Gasteiger partial charge on any atom is -0.481 e. The van der Waals surface area contributed by atoms with E-state index in [-0.39, 0.29) is 34.1 Å². The van der Waals surface area contributed by atoms with E-state index in [0.717, 1.165) is 12.1 Å². The quantitative estimate of drug-likeness (QED) is 0.465. The van der Waals surface area contributed by atoms with Crippen molar-refractivity contribution in [2.45, 2.75) is 6.42 Å². The first kappa shape index (κ1) is 17.4. The Bertz CT molecular complexity index is 987. The number of carboxylic acids is 1. The summed E-state index contributed by atoms with van der Waals surface area (Å²) in [6.45, 7) is 0. The summed E-state index contributed by atoms with van der Waals surface area (Å²) in [4.78, 5) is 44.6. The lowest BCUT2D eigenvalue weighted by atomic mass is 10.1. The van der Waals surface area contributed by atoms with Gasteiger partial charge in [-0.15, -0.1) is 0 Å². The van der Waals surface area contributed by atoms with Gasteiger partial charge in [-0.25, -0.2) is 0 Å². The van der Waals surface area contributed by atoms with Crippen molar-refractivity contribution in [3.05, 3.63) is 62.2 Å². The summed E-state index contributed by atoms with van der Waals surface area (Å²) in [6, 6.07) is 6.22. The van der Waals surface area contributed by atoms with Gasteiger partial charge in [0.2, 0.25) is 5.75 Å². The van der Waals surface area contributed by atoms with Gasteiger partial charge in [-0.2, -0.15) is 0 Å². The third-order valence-corrected chi connectivity index (χ3v) is 3.88. The zero-order valence-corrected chi connectivity index (χ0v) is 13.6. The normalized spacial score (nSPS) is 12.5. The number of ether oxygens (including phenoxy) is 1. The van der Waals surface area contributed by atoms with Gasteiger partial charge in [-0.3, -0.25) is 29.8 Å². The van der Waals surface area contributed by atoms with Crippen molar-refractivity contribution in [3.8, 4) is 11.5 Å². The highest BCUT2D eigenvalue weighted by Crippen LogP contribution is 2.38. The third-order valence-electron chi connectivity index (χ3n) is 3.58. The molecule has 26 heavy (non-hydrogen) atoms. The number of hydrogen-bond donors (Lipinski definition) is 2. The summed E-state index contributed by atoms with van der Waals surface area (Å²) in [6.07, 6.45) is -0.249. The number of nitrogens with zero attached hydrogens (tertiary/aromatic N) is 1. The van der Waals surface area contributed by atoms with E-state index in [1.165, 1.54) is 18.2 Å². The van der Waals surface area contributed by atoms with Gasteiger partial charge < -0.3 is 9.84 Å². The number of fused-ring (bicyclic) bond motifs is 1. The zero-order valence-electron chi connectivity index (χ0n) is 12.8. The predicted molar refractivity (Wildman–Crippen MR) is 87.8 cm³/mol. The molecule has 1 aliphatic heterocycles. The first-order valence-electron chi connectivity index (χ1n) is 7.12. The fourth-order valence-electron chi connectivity index (χ4n) is 2.44. The Hall–Kier alpha value is -3.46. The Morgan fingerprint density at radius 2 is 1.81 bits per heavy atom. The van der Waals surface area contributed by atoms with E-state index >= 15 is 0 Å². The fourth-order valence-corrected chi connectivity index (χ4v) is 2.68. The van der Waals surface area contributed by atoms with Crippen LogP contribution >= 0.6 is 11.6 Å². The van der Waals surface area contributed by atoms with Crippen molar-refractivity contribution in [1.29, 1.82) is 0 Å². The average molecular weight is 377 g/mol. The molecule has 2 aromatic rings. The molecule has 0 spiro atoms. The van der Waals surface area contributed by atoms with Gasteiger partial charge in [0, 0.05) is 12.1 Å². The molecule has 2 aromatic carbocycles. The predicted octanol–water partition coefficient (Wildman–Crippen LogP) is 2.55. The SMILES string of the molecule is O=C(O)Cc1ccc(Oc2cc3c(cc2[N+](=O)[O-])C(=O)NC3=O)c(Cl)c1. The Kier molecular flexibility index (Phi) is 4.31. The van der Waals surface area contributed by atoms with Crippen LogP contribution in [0.1, 0.15) is 26.3 Å². The molecule has 0 saturated heterocycles. The fraction of sp³-hybridized carbons (Fsp3) is 0.0625. The monoisotopic (exact) mass is 376 g/mol. The second-order valence-electron chi connectivity index (χ2n) is 5.34. The molecule has 0 aliphatic carbocycles. The van der Waals surface area contributed by atoms with E-state index in [1.807, 2.05) is 5.32 Å². The number of rotatable bonds is 5. The highest BCUT2D eigenvalue weighted by molar-refractivity contribution is 6.32. The summed E-state index contributed by atoms with van der Waals surface area (Å²) >= 11 is 6.04. The van der Waals surface area contributed by atoms with Gasteiger partial charge in [-0.05, 0) is 17.7 Å². The second-order valence-corrected chi connectivity index (χ2v) is 5.75. The molecule has 1 heterocycles. The van der Waals surface area contributed by atoms with E-state index in [2.05, 4.69) is 0 Å². The van der Waals surface area contributed by atoms with E-state index in [4.69, 9.17) is 21.4 Å². The molecule has 0 atom stereocenters. The molecule has 0 fully saturated rings. The minimum absolute atomic E-state index is 0.0357. The smallest absolute Gasteiger partial charge is 0.312 e. The van der Waals surface area contributed by atoms with Gasteiger partial charge in [0.15, 0.2) is 0 Å². The second kappa shape index (κ2) is 6.45. The van der Waals surface area contributed by atoms with Crippen LogP contribution in [-0.2, 0) is 11.2 Å². The molecule has 2 N–H and O–H groups in total. The van der Waals surface area contributed by atoms with Crippen LogP contribution in [0.5, 0.6) is 11.5 Å². The Morgan fingerprint density at radius 1 is 1.15 bits per heavy atom. The maximum atomic E-state index is 11.7. The molecule has 0 unspecified atom stereocenters. The molecule has 0 aromatic heterocycles. The van der Waals surface area contributed by atoms with Crippen molar-refractivity contribution < 1.29 is 29.2 Å². The summed E-state index contributed by atoms with van der Waals surface area (Å²) in [7, 11) is 0. The summed E-state index contributed by atoms with van der Waals surface area (Å²) < 4.78 is 5.46. The Balaban J connectivity index is 2.01. The van der Waals surface area contributed by atoms with Crippen molar-refractivity contribution in [1.82, 2.24) is 5.32 Å². The molecule has 2 amide bonds. The number of hydrogen-bond acceptors (Lipinski definition) is 6. The molecule has 3 rings (SSSR count). The molecule has 9 nitrogen and oxygen atoms in total. The molecule has 0 saturated carbocycles. The third kappa shape index (κ3) is 3.20. The number of nitro benzene ring substituents is 1. The van der Waals surface area contributed by atoms with E-state index < -0.39 is 28.4 Å². The summed E-state index contributed by atoms with van der Waals surface area (Å²) in [5.74, 6) is -2.69. The molecule has 10 heteroatoms. The highest BCUT2D eigenvalue weighted by Gasteiger charge is 2.32. The largest absolute Gasteiger partial charge is 0.481 e. The highest BCUT2D eigenvalue weighted by atomic mass is 35.5.